The van der Waals surface area contributed by atoms with E-state index in [1.165, 1.54) is 0 Å². The monoisotopic (exact) mass is 146 g/mol. The molecule has 0 radical (unpaired) electrons. The SMILES string of the molecule is CCC(N)NC(C)(O)CC. The summed E-state index contributed by atoms with van der Waals surface area (Å²) in [5.74, 6) is 0. The molecule has 10 heavy (non-hydrogen) atoms. The van der Waals surface area contributed by atoms with Gasteiger partial charge in [-0.05, 0) is 19.8 Å². The molecule has 0 amide bonds. The van der Waals surface area contributed by atoms with Crippen LogP contribution in [-0.2, 0) is 0 Å². The highest BCUT2D eigenvalue weighted by atomic mass is 16.3. The van der Waals surface area contributed by atoms with Crippen molar-refractivity contribution in [1.82, 2.24) is 5.32 Å². The fraction of sp³-hybridized carbons (Fsp3) is 1.00. The van der Waals surface area contributed by atoms with Gasteiger partial charge in [-0.1, -0.05) is 13.8 Å². The fourth-order valence-electron chi connectivity index (χ4n) is 0.604. The van der Waals surface area contributed by atoms with E-state index >= 15 is 0 Å². The zero-order chi connectivity index (χ0) is 8.20. The first kappa shape index (κ1) is 9.88. The molecule has 0 aliphatic carbocycles. The van der Waals surface area contributed by atoms with Gasteiger partial charge >= 0.3 is 0 Å². The van der Waals surface area contributed by atoms with Crippen LogP contribution in [-0.4, -0.2) is 17.0 Å². The Hall–Kier alpha value is -0.120. The van der Waals surface area contributed by atoms with Crippen molar-refractivity contribution in [3.05, 3.63) is 0 Å². The fourth-order valence-corrected chi connectivity index (χ4v) is 0.604. The standard InChI is InChI=1S/C7H18N2O/c1-4-6(8)9-7(3,10)5-2/h6,9-10H,4-5,8H2,1-3H3. The second-order valence-corrected chi connectivity index (χ2v) is 2.79. The Balaban J connectivity index is 3.64. The van der Waals surface area contributed by atoms with Crippen LogP contribution in [0.15, 0.2) is 0 Å². The van der Waals surface area contributed by atoms with E-state index < -0.39 is 5.72 Å². The summed E-state index contributed by atoms with van der Waals surface area (Å²) < 4.78 is 0. The molecule has 0 spiro atoms. The van der Waals surface area contributed by atoms with E-state index in [1.54, 1.807) is 6.92 Å². The molecule has 0 fully saturated rings. The second-order valence-electron chi connectivity index (χ2n) is 2.79. The molecule has 0 aromatic carbocycles. The molecule has 0 aromatic heterocycles. The van der Waals surface area contributed by atoms with Crippen molar-refractivity contribution in [2.75, 3.05) is 0 Å². The topological polar surface area (TPSA) is 58.3 Å². The molecule has 62 valence electrons. The summed E-state index contributed by atoms with van der Waals surface area (Å²) in [4.78, 5) is 0. The van der Waals surface area contributed by atoms with Crippen LogP contribution in [0.1, 0.15) is 33.6 Å². The van der Waals surface area contributed by atoms with Crippen molar-refractivity contribution in [2.24, 2.45) is 5.73 Å². The summed E-state index contributed by atoms with van der Waals surface area (Å²) in [5, 5.41) is 12.3. The first-order chi connectivity index (χ1) is 4.52. The Morgan fingerprint density at radius 1 is 1.60 bits per heavy atom. The Bertz CT molecular complexity index is 93.6. The van der Waals surface area contributed by atoms with E-state index in [-0.39, 0.29) is 6.17 Å². The summed E-state index contributed by atoms with van der Waals surface area (Å²) in [7, 11) is 0. The van der Waals surface area contributed by atoms with Crippen molar-refractivity contribution < 1.29 is 5.11 Å². The summed E-state index contributed by atoms with van der Waals surface area (Å²) in [5.41, 5.74) is 4.75. The summed E-state index contributed by atoms with van der Waals surface area (Å²) >= 11 is 0. The smallest absolute Gasteiger partial charge is 0.114 e. The van der Waals surface area contributed by atoms with Crippen LogP contribution < -0.4 is 11.1 Å². The van der Waals surface area contributed by atoms with Gasteiger partial charge in [-0.25, -0.2) is 0 Å². The van der Waals surface area contributed by atoms with E-state index in [1.807, 2.05) is 13.8 Å². The van der Waals surface area contributed by atoms with E-state index in [0.29, 0.717) is 6.42 Å². The number of hydrogen-bond acceptors (Lipinski definition) is 3. The number of nitrogens with two attached hydrogens (primary N) is 1. The lowest BCUT2D eigenvalue weighted by atomic mass is 10.2. The van der Waals surface area contributed by atoms with Gasteiger partial charge in [0.25, 0.3) is 0 Å². The molecule has 0 heterocycles. The summed E-state index contributed by atoms with van der Waals surface area (Å²) in [6, 6.07) is 0. The Morgan fingerprint density at radius 3 is 2.40 bits per heavy atom. The lowest BCUT2D eigenvalue weighted by Gasteiger charge is -2.26. The molecule has 3 heteroatoms. The third-order valence-corrected chi connectivity index (χ3v) is 1.62. The molecular formula is C7H18N2O. The highest BCUT2D eigenvalue weighted by Crippen LogP contribution is 2.03. The van der Waals surface area contributed by atoms with Crippen LogP contribution in [0.4, 0.5) is 0 Å². The average molecular weight is 146 g/mol. The third-order valence-electron chi connectivity index (χ3n) is 1.62. The third kappa shape index (κ3) is 3.82. The van der Waals surface area contributed by atoms with Crippen LogP contribution in [0, 0.1) is 0 Å². The van der Waals surface area contributed by atoms with Gasteiger partial charge in [0.1, 0.15) is 5.72 Å². The molecule has 2 unspecified atom stereocenters. The van der Waals surface area contributed by atoms with Gasteiger partial charge in [-0.15, -0.1) is 0 Å². The Kier molecular flexibility index (Phi) is 3.86. The van der Waals surface area contributed by atoms with Crippen molar-refractivity contribution >= 4 is 0 Å². The van der Waals surface area contributed by atoms with Crippen molar-refractivity contribution in [1.29, 1.82) is 0 Å². The van der Waals surface area contributed by atoms with Gasteiger partial charge in [0, 0.05) is 0 Å². The van der Waals surface area contributed by atoms with E-state index in [0.717, 1.165) is 6.42 Å². The first-order valence-electron chi connectivity index (χ1n) is 3.77. The maximum atomic E-state index is 9.43. The minimum Gasteiger partial charge on any atom is -0.376 e. The van der Waals surface area contributed by atoms with Crippen molar-refractivity contribution in [2.45, 2.75) is 45.5 Å². The van der Waals surface area contributed by atoms with E-state index in [4.69, 9.17) is 5.73 Å². The zero-order valence-corrected chi connectivity index (χ0v) is 7.02. The minimum atomic E-state index is -0.810. The van der Waals surface area contributed by atoms with Crippen molar-refractivity contribution in [3.8, 4) is 0 Å². The lowest BCUT2D eigenvalue weighted by Crippen LogP contribution is -2.51. The largest absolute Gasteiger partial charge is 0.376 e. The molecule has 0 aliphatic heterocycles. The Morgan fingerprint density at radius 2 is 2.10 bits per heavy atom. The van der Waals surface area contributed by atoms with Crippen LogP contribution in [0.5, 0.6) is 0 Å². The highest BCUT2D eigenvalue weighted by molar-refractivity contribution is 4.70. The van der Waals surface area contributed by atoms with Gasteiger partial charge in [0.05, 0.1) is 6.17 Å². The molecule has 3 nitrogen and oxygen atoms in total. The number of rotatable bonds is 4. The van der Waals surface area contributed by atoms with Crippen molar-refractivity contribution in [3.63, 3.8) is 0 Å². The molecule has 0 bridgehead atoms. The van der Waals surface area contributed by atoms with Crippen LogP contribution in [0.2, 0.25) is 0 Å². The molecule has 2 atom stereocenters. The number of hydrogen-bond donors (Lipinski definition) is 3. The molecule has 0 aliphatic rings. The molecule has 0 aromatic rings. The predicted molar refractivity (Wildman–Crippen MR) is 42.3 cm³/mol. The molecule has 0 saturated carbocycles. The van der Waals surface area contributed by atoms with Crippen LogP contribution in [0.3, 0.4) is 0 Å². The van der Waals surface area contributed by atoms with Gasteiger partial charge in [-0.2, -0.15) is 0 Å². The second kappa shape index (κ2) is 3.91. The molecular weight excluding hydrogens is 128 g/mol. The normalized spacial score (nSPS) is 20.1. The van der Waals surface area contributed by atoms with Gasteiger partial charge in [-0.3, -0.25) is 5.32 Å². The van der Waals surface area contributed by atoms with Gasteiger partial charge in [0.15, 0.2) is 0 Å². The highest BCUT2D eigenvalue weighted by Gasteiger charge is 2.18. The van der Waals surface area contributed by atoms with E-state index in [9.17, 15) is 5.11 Å². The average Bonchev–Trinajstić information content (AvgIpc) is 1.87. The molecule has 0 rings (SSSR count). The quantitative estimate of drug-likeness (QED) is 0.503. The zero-order valence-electron chi connectivity index (χ0n) is 7.02. The summed E-state index contributed by atoms with van der Waals surface area (Å²) in [6.07, 6.45) is 1.39. The first-order valence-corrected chi connectivity index (χ1v) is 3.77. The lowest BCUT2D eigenvalue weighted by molar-refractivity contribution is 0.00876. The van der Waals surface area contributed by atoms with E-state index in [2.05, 4.69) is 5.32 Å². The number of aliphatic hydroxyl groups is 1. The predicted octanol–water partition coefficient (Wildman–Crippen LogP) is 0.389. The number of nitrogens with one attached hydrogen (secondary N) is 1. The van der Waals surface area contributed by atoms with Crippen LogP contribution in [0.25, 0.3) is 0 Å². The summed E-state index contributed by atoms with van der Waals surface area (Å²) in [6.45, 7) is 5.61. The molecule has 4 N–H and O–H groups in total. The Labute approximate surface area is 62.6 Å². The maximum Gasteiger partial charge on any atom is 0.114 e. The van der Waals surface area contributed by atoms with Crippen LogP contribution >= 0.6 is 0 Å². The van der Waals surface area contributed by atoms with Gasteiger partial charge in [0.2, 0.25) is 0 Å². The maximum absolute atomic E-state index is 9.43. The molecule has 0 saturated heterocycles. The minimum absolute atomic E-state index is 0.102. The van der Waals surface area contributed by atoms with Gasteiger partial charge < -0.3 is 10.8 Å².